The molecule has 1 saturated heterocycles. The molecular formula is C26H37N3O4S. The second kappa shape index (κ2) is 12.2. The number of amides is 1. The van der Waals surface area contributed by atoms with E-state index in [1.54, 1.807) is 48.5 Å². The number of hydrogen-bond acceptors (Lipinski definition) is 5. The summed E-state index contributed by atoms with van der Waals surface area (Å²) in [6.07, 6.45) is 5.76. The minimum Gasteiger partial charge on any atom is -0.497 e. The summed E-state index contributed by atoms with van der Waals surface area (Å²) in [5, 5.41) is 2.91. The van der Waals surface area contributed by atoms with Gasteiger partial charge in [0.1, 0.15) is 12.3 Å². The fraction of sp³-hybridized carbons (Fsp3) is 0.500. The maximum atomic E-state index is 13.5. The minimum absolute atomic E-state index is 0.143. The first kappa shape index (κ1) is 26.0. The van der Waals surface area contributed by atoms with Crippen LogP contribution in [0.1, 0.15) is 44.6 Å². The molecule has 1 fully saturated rings. The van der Waals surface area contributed by atoms with Gasteiger partial charge < -0.3 is 15.0 Å². The molecule has 34 heavy (non-hydrogen) atoms. The van der Waals surface area contributed by atoms with Crippen LogP contribution in [0.5, 0.6) is 5.75 Å². The molecule has 0 aromatic heterocycles. The van der Waals surface area contributed by atoms with E-state index in [2.05, 4.69) is 17.1 Å². The molecule has 1 unspecified atom stereocenters. The van der Waals surface area contributed by atoms with E-state index in [1.807, 2.05) is 6.92 Å². The van der Waals surface area contributed by atoms with Crippen LogP contribution in [0.25, 0.3) is 0 Å². The van der Waals surface area contributed by atoms with Crippen molar-refractivity contribution < 1.29 is 17.9 Å². The van der Waals surface area contributed by atoms with Crippen LogP contribution >= 0.6 is 0 Å². The topological polar surface area (TPSA) is 79.0 Å². The van der Waals surface area contributed by atoms with Crippen molar-refractivity contribution in [2.75, 3.05) is 37.6 Å². The van der Waals surface area contributed by atoms with Crippen molar-refractivity contribution in [3.63, 3.8) is 0 Å². The fourth-order valence-corrected chi connectivity index (χ4v) is 5.84. The molecule has 8 heteroatoms. The van der Waals surface area contributed by atoms with Gasteiger partial charge >= 0.3 is 0 Å². The highest BCUT2D eigenvalue weighted by atomic mass is 32.2. The molecule has 0 saturated carbocycles. The largest absolute Gasteiger partial charge is 0.497 e. The lowest BCUT2D eigenvalue weighted by Gasteiger charge is -2.35. The van der Waals surface area contributed by atoms with Gasteiger partial charge in [-0.05, 0) is 63.4 Å². The van der Waals surface area contributed by atoms with Crippen molar-refractivity contribution in [2.45, 2.75) is 56.9 Å². The molecule has 7 nitrogen and oxygen atoms in total. The number of aryl methyl sites for hydroxylation is 1. The first-order chi connectivity index (χ1) is 16.3. The summed E-state index contributed by atoms with van der Waals surface area (Å²) < 4.78 is 33.4. The van der Waals surface area contributed by atoms with Gasteiger partial charge in [0.2, 0.25) is 5.91 Å². The SMILES string of the molecule is CCC1CCCCN1CCCNC(=O)CN(c1cccc(OC)c1)S(=O)(=O)c1ccc(C)cc1. The summed E-state index contributed by atoms with van der Waals surface area (Å²) in [5.74, 6) is 0.193. The predicted octanol–water partition coefficient (Wildman–Crippen LogP) is 3.97. The fourth-order valence-electron chi connectivity index (χ4n) is 4.43. The number of nitrogens with one attached hydrogen (secondary N) is 1. The highest BCUT2D eigenvalue weighted by Gasteiger charge is 2.27. The molecule has 0 spiro atoms. The molecule has 3 rings (SSSR count). The van der Waals surface area contributed by atoms with Crippen LogP contribution in [0.3, 0.4) is 0 Å². The van der Waals surface area contributed by atoms with E-state index in [0.717, 1.165) is 35.8 Å². The van der Waals surface area contributed by atoms with Crippen molar-refractivity contribution in [2.24, 2.45) is 0 Å². The van der Waals surface area contributed by atoms with E-state index < -0.39 is 10.0 Å². The van der Waals surface area contributed by atoms with Crippen LogP contribution in [-0.4, -0.2) is 58.6 Å². The summed E-state index contributed by atoms with van der Waals surface area (Å²) >= 11 is 0. The molecule has 2 aromatic carbocycles. The maximum Gasteiger partial charge on any atom is 0.264 e. The van der Waals surface area contributed by atoms with Crippen LogP contribution in [0, 0.1) is 6.92 Å². The Morgan fingerprint density at radius 3 is 2.65 bits per heavy atom. The van der Waals surface area contributed by atoms with Gasteiger partial charge in [0.25, 0.3) is 10.0 Å². The van der Waals surface area contributed by atoms with Gasteiger partial charge in [-0.15, -0.1) is 0 Å². The van der Waals surface area contributed by atoms with Crippen LogP contribution in [0.2, 0.25) is 0 Å². The van der Waals surface area contributed by atoms with Crippen LogP contribution in [0.15, 0.2) is 53.4 Å². The van der Waals surface area contributed by atoms with E-state index in [1.165, 1.54) is 26.4 Å². The summed E-state index contributed by atoms with van der Waals surface area (Å²) in [6.45, 7) is 6.40. The first-order valence-electron chi connectivity index (χ1n) is 12.1. The number of likely N-dealkylation sites (tertiary alicyclic amines) is 1. The predicted molar refractivity (Wildman–Crippen MR) is 136 cm³/mol. The average molecular weight is 488 g/mol. The molecule has 1 aliphatic heterocycles. The number of sulfonamides is 1. The second-order valence-electron chi connectivity index (χ2n) is 8.82. The van der Waals surface area contributed by atoms with Crippen LogP contribution in [-0.2, 0) is 14.8 Å². The lowest BCUT2D eigenvalue weighted by Crippen LogP contribution is -2.43. The zero-order chi connectivity index (χ0) is 24.6. The lowest BCUT2D eigenvalue weighted by molar-refractivity contribution is -0.119. The Hall–Kier alpha value is -2.58. The molecule has 1 heterocycles. The Morgan fingerprint density at radius 2 is 1.94 bits per heavy atom. The van der Waals surface area contributed by atoms with Crippen molar-refractivity contribution in [3.05, 3.63) is 54.1 Å². The first-order valence-corrected chi connectivity index (χ1v) is 13.5. The summed E-state index contributed by atoms with van der Waals surface area (Å²) in [5.41, 5.74) is 1.35. The van der Waals surface area contributed by atoms with E-state index in [-0.39, 0.29) is 17.3 Å². The summed E-state index contributed by atoms with van der Waals surface area (Å²) in [4.78, 5) is 15.5. The molecule has 0 bridgehead atoms. The highest BCUT2D eigenvalue weighted by molar-refractivity contribution is 7.92. The minimum atomic E-state index is -3.94. The Morgan fingerprint density at radius 1 is 1.18 bits per heavy atom. The molecular weight excluding hydrogens is 450 g/mol. The number of hydrogen-bond donors (Lipinski definition) is 1. The van der Waals surface area contributed by atoms with Gasteiger partial charge in [-0.1, -0.05) is 37.1 Å². The van der Waals surface area contributed by atoms with E-state index in [4.69, 9.17) is 4.74 Å². The van der Waals surface area contributed by atoms with Crippen molar-refractivity contribution >= 4 is 21.6 Å². The highest BCUT2D eigenvalue weighted by Crippen LogP contribution is 2.27. The zero-order valence-corrected chi connectivity index (χ0v) is 21.3. The molecule has 1 aliphatic rings. The number of rotatable bonds is 11. The molecule has 2 aromatic rings. The van der Waals surface area contributed by atoms with Gasteiger partial charge in [0, 0.05) is 25.2 Å². The normalized spacial score (nSPS) is 16.7. The molecule has 1 N–H and O–H groups in total. The van der Waals surface area contributed by atoms with Gasteiger partial charge in [-0.25, -0.2) is 8.42 Å². The quantitative estimate of drug-likeness (QED) is 0.485. The molecule has 186 valence electrons. The van der Waals surface area contributed by atoms with E-state index >= 15 is 0 Å². The second-order valence-corrected chi connectivity index (χ2v) is 10.7. The number of anilines is 1. The van der Waals surface area contributed by atoms with Crippen molar-refractivity contribution in [1.82, 2.24) is 10.2 Å². The monoisotopic (exact) mass is 487 g/mol. The third kappa shape index (κ3) is 6.73. The smallest absolute Gasteiger partial charge is 0.264 e. The Bertz CT molecular complexity index is 1040. The standard InChI is InChI=1S/C26H37N3O4S/c1-4-22-9-5-6-17-28(22)18-8-16-27-26(30)20-29(23-10-7-11-24(19-23)33-3)34(31,32)25-14-12-21(2)13-15-25/h7,10-15,19,22H,4-6,8-9,16-18,20H2,1-3H3,(H,27,30). The van der Waals surface area contributed by atoms with Crippen molar-refractivity contribution in [1.29, 1.82) is 0 Å². The maximum absolute atomic E-state index is 13.5. The molecule has 1 atom stereocenters. The number of methoxy groups -OCH3 is 1. The zero-order valence-electron chi connectivity index (χ0n) is 20.5. The van der Waals surface area contributed by atoms with Gasteiger partial charge in [-0.2, -0.15) is 0 Å². The number of carbonyl (C=O) groups is 1. The molecule has 1 amide bonds. The van der Waals surface area contributed by atoms with E-state index in [9.17, 15) is 13.2 Å². The number of nitrogens with zero attached hydrogens (tertiary/aromatic N) is 2. The lowest BCUT2D eigenvalue weighted by atomic mass is 10.00. The average Bonchev–Trinajstić information content (AvgIpc) is 2.85. The van der Waals surface area contributed by atoms with Gasteiger partial charge in [-0.3, -0.25) is 9.10 Å². The van der Waals surface area contributed by atoms with Crippen LogP contribution < -0.4 is 14.4 Å². The molecule has 0 aliphatic carbocycles. The number of carbonyl (C=O) groups excluding carboxylic acids is 1. The Balaban J connectivity index is 1.68. The summed E-state index contributed by atoms with van der Waals surface area (Å²) in [6, 6.07) is 14.0. The Labute approximate surface area is 204 Å². The summed E-state index contributed by atoms with van der Waals surface area (Å²) in [7, 11) is -2.42. The van der Waals surface area contributed by atoms with Crippen LogP contribution in [0.4, 0.5) is 5.69 Å². The number of benzene rings is 2. The third-order valence-corrected chi connectivity index (χ3v) is 8.19. The van der Waals surface area contributed by atoms with E-state index in [0.29, 0.717) is 24.0 Å². The van der Waals surface area contributed by atoms with Crippen molar-refractivity contribution in [3.8, 4) is 5.75 Å². The third-order valence-electron chi connectivity index (χ3n) is 6.40. The molecule has 0 radical (unpaired) electrons. The number of piperidine rings is 1. The Kier molecular flexibility index (Phi) is 9.36. The van der Waals surface area contributed by atoms with Gasteiger partial charge in [0.15, 0.2) is 0 Å². The number of ether oxygens (including phenoxy) is 1. The van der Waals surface area contributed by atoms with Gasteiger partial charge in [0.05, 0.1) is 17.7 Å².